The summed E-state index contributed by atoms with van der Waals surface area (Å²) in [4.78, 5) is 16.3. The van der Waals surface area contributed by atoms with Gasteiger partial charge in [0.1, 0.15) is 11.5 Å². The van der Waals surface area contributed by atoms with Gasteiger partial charge in [-0.05, 0) is 30.3 Å². The van der Waals surface area contributed by atoms with E-state index in [0.717, 1.165) is 39.0 Å². The first kappa shape index (κ1) is 30.5. The van der Waals surface area contributed by atoms with E-state index in [1.807, 2.05) is 53.7 Å². The fourth-order valence-corrected chi connectivity index (χ4v) is 3.24. The number of ketones is 1. The Morgan fingerprint density at radius 2 is 1.54 bits per heavy atom. The van der Waals surface area contributed by atoms with Gasteiger partial charge in [-0.3, -0.25) is 9.78 Å². The van der Waals surface area contributed by atoms with E-state index in [1.165, 1.54) is 11.6 Å². The van der Waals surface area contributed by atoms with E-state index in [4.69, 9.17) is 9.72 Å². The normalized spacial score (nSPS) is 11.9. The molecule has 0 amide bonds. The molecule has 0 unspecified atom stereocenters. The minimum atomic E-state index is -0.417. The Bertz CT molecular complexity index is 1190. The Morgan fingerprint density at radius 3 is 2.06 bits per heavy atom. The molecule has 1 N–H and O–H groups in total. The molecule has 0 saturated heterocycles. The van der Waals surface area contributed by atoms with Crippen molar-refractivity contribution < 1.29 is 34.7 Å². The van der Waals surface area contributed by atoms with Crippen LogP contribution in [0, 0.1) is 37.7 Å². The minimum Gasteiger partial charge on any atom is -0.512 e. The fourth-order valence-electron chi connectivity index (χ4n) is 3.24. The number of aryl methyl sites for hydroxylation is 3. The summed E-state index contributed by atoms with van der Waals surface area (Å²) in [6, 6.07) is 15.8. The van der Waals surface area contributed by atoms with Gasteiger partial charge in [0.15, 0.2) is 5.78 Å². The molecule has 1 aromatic heterocycles. The minimum absolute atomic E-state index is 0. The number of carbonyl (C=O) groups is 1. The zero-order valence-corrected chi connectivity index (χ0v) is 25.0. The summed E-state index contributed by atoms with van der Waals surface area (Å²) in [5.41, 5.74) is 5.68. The number of carbonyl (C=O) groups excluding carboxylic acids is 1. The van der Waals surface area contributed by atoms with Gasteiger partial charge in [-0.2, -0.15) is 0 Å². The number of hydrogen-bond acceptors (Lipinski definition) is 4. The molecule has 5 heteroatoms. The molecule has 4 nitrogen and oxygen atoms in total. The first-order valence-corrected chi connectivity index (χ1v) is 11.5. The predicted molar refractivity (Wildman–Crippen MR) is 141 cm³/mol. The molecule has 3 aromatic rings. The van der Waals surface area contributed by atoms with Crippen LogP contribution in [0.4, 0.5) is 0 Å². The maximum Gasteiger partial charge on any atom is 0.164 e. The molecule has 0 aliphatic rings. The van der Waals surface area contributed by atoms with Gasteiger partial charge in [-0.15, -0.1) is 34.9 Å². The van der Waals surface area contributed by atoms with Crippen molar-refractivity contribution in [2.45, 2.75) is 62.3 Å². The van der Waals surface area contributed by atoms with E-state index in [9.17, 15) is 9.90 Å². The van der Waals surface area contributed by atoms with Crippen LogP contribution in [0.25, 0.3) is 22.2 Å². The maximum absolute atomic E-state index is 11.5. The molecular weight excluding hydrogens is 615 g/mol. The predicted octanol–water partition coefficient (Wildman–Crippen LogP) is 7.72. The molecule has 2 aromatic carbocycles. The summed E-state index contributed by atoms with van der Waals surface area (Å²) >= 11 is 0. The number of fused-ring (bicyclic) bond motifs is 1. The number of pyridine rings is 1. The zero-order valence-electron chi connectivity index (χ0n) is 22.6. The summed E-state index contributed by atoms with van der Waals surface area (Å²) in [6.07, 6.45) is 1.33. The Hall–Kier alpha value is -2.49. The molecule has 0 saturated carbocycles. The molecule has 1 radical (unpaired) electrons. The van der Waals surface area contributed by atoms with Crippen LogP contribution in [-0.4, -0.2) is 23.0 Å². The molecule has 191 valence electrons. The number of nitrogens with zero attached hydrogens (tertiary/aromatic N) is 1. The Balaban J connectivity index is 0.000000383. The van der Waals surface area contributed by atoms with Gasteiger partial charge in [0.2, 0.25) is 0 Å². The number of aliphatic hydroxyl groups excluding tert-OH is 1. The number of ether oxygens (including phenoxy) is 1. The summed E-state index contributed by atoms with van der Waals surface area (Å²) in [5, 5.41) is 10.6. The summed E-state index contributed by atoms with van der Waals surface area (Å²) < 4.78 is 5.44. The van der Waals surface area contributed by atoms with Gasteiger partial charge >= 0.3 is 0 Å². The van der Waals surface area contributed by atoms with Crippen molar-refractivity contribution in [2.75, 3.05) is 7.11 Å². The molecule has 0 fully saturated rings. The van der Waals surface area contributed by atoms with E-state index < -0.39 is 5.41 Å². The second kappa shape index (κ2) is 12.0. The van der Waals surface area contributed by atoms with Crippen molar-refractivity contribution in [3.63, 3.8) is 0 Å². The fraction of sp³-hybridized carbons (Fsp3) is 0.400. The average molecular weight is 653 g/mol. The number of aliphatic hydroxyl groups is 1. The van der Waals surface area contributed by atoms with Crippen molar-refractivity contribution in [1.82, 2.24) is 4.98 Å². The standard InChI is InChI=1S/C19H18NO.C11H20O2.Ir/c1-12-7-13(2)9-15(8-12)17-6-5-16-18(20-17)10-14(3)11-19(16)21-4;1-10(2,3)8(12)7-9(13)11(4,5)6;/h5-8,10-11H,1-4H3;7,12H,1-6H3;/q-1;;/b;8-7-;. The molecule has 0 aliphatic carbocycles. The maximum atomic E-state index is 11.5. The largest absolute Gasteiger partial charge is 0.512 e. The van der Waals surface area contributed by atoms with Crippen molar-refractivity contribution in [2.24, 2.45) is 10.8 Å². The average Bonchev–Trinajstić information content (AvgIpc) is 2.70. The van der Waals surface area contributed by atoms with Crippen LogP contribution in [0.2, 0.25) is 0 Å². The molecule has 1 heterocycles. The van der Waals surface area contributed by atoms with E-state index in [0.29, 0.717) is 0 Å². The Labute approximate surface area is 224 Å². The van der Waals surface area contributed by atoms with Crippen molar-refractivity contribution in [3.8, 4) is 17.0 Å². The Morgan fingerprint density at radius 1 is 0.943 bits per heavy atom. The van der Waals surface area contributed by atoms with Crippen LogP contribution in [0.5, 0.6) is 5.75 Å². The number of hydrogen-bond donors (Lipinski definition) is 1. The van der Waals surface area contributed by atoms with Crippen LogP contribution in [0.3, 0.4) is 0 Å². The van der Waals surface area contributed by atoms with Gasteiger partial charge in [-0.1, -0.05) is 67.5 Å². The van der Waals surface area contributed by atoms with Gasteiger partial charge in [0, 0.05) is 42.4 Å². The van der Waals surface area contributed by atoms with Gasteiger partial charge in [0.05, 0.1) is 12.6 Å². The van der Waals surface area contributed by atoms with Crippen molar-refractivity contribution in [1.29, 1.82) is 0 Å². The third kappa shape index (κ3) is 8.59. The molecule has 35 heavy (non-hydrogen) atoms. The van der Waals surface area contributed by atoms with Crippen LogP contribution in [0.1, 0.15) is 58.2 Å². The van der Waals surface area contributed by atoms with Crippen LogP contribution >= 0.6 is 0 Å². The topological polar surface area (TPSA) is 59.4 Å². The first-order valence-electron chi connectivity index (χ1n) is 11.5. The zero-order chi connectivity index (χ0) is 25.8. The second-order valence-electron chi connectivity index (χ2n) is 10.9. The number of aromatic nitrogens is 1. The summed E-state index contributed by atoms with van der Waals surface area (Å²) in [7, 11) is 1.69. The van der Waals surface area contributed by atoms with Crippen molar-refractivity contribution >= 4 is 16.7 Å². The number of benzene rings is 2. The van der Waals surface area contributed by atoms with Crippen LogP contribution in [-0.2, 0) is 24.9 Å². The molecular formula is C30H38IrNO3-. The van der Waals surface area contributed by atoms with Gasteiger partial charge in [0.25, 0.3) is 0 Å². The molecule has 0 aliphatic heterocycles. The summed E-state index contributed by atoms with van der Waals surface area (Å²) in [5.74, 6) is 0.973. The SMILES string of the molecule is CC(C)(C)C(=O)/C=C(\O)C(C)(C)C.COc1cc(C)cc2nc(-c3[c-]c(C)cc(C)c3)ccc12.[Ir]. The van der Waals surface area contributed by atoms with E-state index in [-0.39, 0.29) is 37.1 Å². The Kier molecular flexibility index (Phi) is 10.4. The van der Waals surface area contributed by atoms with Crippen molar-refractivity contribution in [3.05, 3.63) is 71.0 Å². The second-order valence-corrected chi connectivity index (χ2v) is 10.9. The third-order valence-electron chi connectivity index (χ3n) is 5.33. The van der Waals surface area contributed by atoms with Crippen LogP contribution < -0.4 is 4.74 Å². The quantitative estimate of drug-likeness (QED) is 0.179. The van der Waals surface area contributed by atoms with E-state index in [1.54, 1.807) is 7.11 Å². The number of rotatable bonds is 3. The number of methoxy groups -OCH3 is 1. The van der Waals surface area contributed by atoms with Crippen LogP contribution in [0.15, 0.2) is 48.2 Å². The smallest absolute Gasteiger partial charge is 0.164 e. The molecule has 0 bridgehead atoms. The number of allylic oxidation sites excluding steroid dienone is 2. The van der Waals surface area contributed by atoms with E-state index in [2.05, 4.69) is 51.1 Å². The van der Waals surface area contributed by atoms with E-state index >= 15 is 0 Å². The summed E-state index contributed by atoms with van der Waals surface area (Å²) in [6.45, 7) is 17.3. The molecule has 0 spiro atoms. The molecule has 3 rings (SSSR count). The monoisotopic (exact) mass is 653 g/mol. The van der Waals surface area contributed by atoms with Gasteiger partial charge in [-0.25, -0.2) is 0 Å². The third-order valence-corrected chi connectivity index (χ3v) is 5.33. The molecule has 0 atom stereocenters. The van der Waals surface area contributed by atoms with Gasteiger partial charge < -0.3 is 9.84 Å². The first-order chi connectivity index (χ1) is 15.6.